The molecule has 0 saturated heterocycles. The molecular formula is C20H21NO4. The van der Waals surface area contributed by atoms with Crippen LogP contribution < -0.4 is 10.1 Å². The number of carbonyl (C=O) groups is 2. The minimum absolute atomic E-state index is 0.128. The number of nitrogens with one attached hydrogen (secondary N) is 1. The van der Waals surface area contributed by atoms with Crippen molar-refractivity contribution < 1.29 is 19.1 Å². The third kappa shape index (κ3) is 3.99. The van der Waals surface area contributed by atoms with Gasteiger partial charge >= 0.3 is 5.97 Å². The molecule has 2 aromatic rings. The summed E-state index contributed by atoms with van der Waals surface area (Å²) in [5, 5.41) is 2.91. The summed E-state index contributed by atoms with van der Waals surface area (Å²) in [4.78, 5) is 24.4. The zero-order valence-corrected chi connectivity index (χ0v) is 14.4. The predicted octanol–water partition coefficient (Wildman–Crippen LogP) is 3.10. The lowest BCUT2D eigenvalue weighted by atomic mass is 10.0. The Morgan fingerprint density at radius 3 is 2.84 bits per heavy atom. The zero-order chi connectivity index (χ0) is 17.8. The molecule has 0 fully saturated rings. The first-order valence-corrected chi connectivity index (χ1v) is 8.30. The molecule has 5 nitrogen and oxygen atoms in total. The number of ether oxygens (including phenoxy) is 2. The molecule has 1 amide bonds. The molecule has 2 aromatic carbocycles. The summed E-state index contributed by atoms with van der Waals surface area (Å²) in [5.41, 5.74) is 3.24. The van der Waals surface area contributed by atoms with Gasteiger partial charge in [-0.15, -0.1) is 0 Å². The lowest BCUT2D eigenvalue weighted by Gasteiger charge is -2.26. The number of fused-ring (bicyclic) bond motifs is 1. The van der Waals surface area contributed by atoms with Gasteiger partial charge in [-0.3, -0.25) is 4.79 Å². The summed E-state index contributed by atoms with van der Waals surface area (Å²) in [6.07, 6.45) is 0.688. The van der Waals surface area contributed by atoms with Crippen LogP contribution in [0.2, 0.25) is 0 Å². The Kier molecular flexibility index (Phi) is 5.03. The van der Waals surface area contributed by atoms with Gasteiger partial charge in [-0.2, -0.15) is 0 Å². The maximum Gasteiger partial charge on any atom is 0.338 e. The first kappa shape index (κ1) is 17.0. The van der Waals surface area contributed by atoms with Gasteiger partial charge in [-0.05, 0) is 31.5 Å². The Hall–Kier alpha value is -2.82. The van der Waals surface area contributed by atoms with E-state index >= 15 is 0 Å². The van der Waals surface area contributed by atoms with Crippen LogP contribution in [-0.4, -0.2) is 25.1 Å². The summed E-state index contributed by atoms with van der Waals surface area (Å²) >= 11 is 0. The minimum atomic E-state index is -0.483. The molecule has 130 valence electrons. The van der Waals surface area contributed by atoms with E-state index in [1.165, 1.54) is 0 Å². The average molecular weight is 339 g/mol. The second-order valence-electron chi connectivity index (χ2n) is 6.19. The summed E-state index contributed by atoms with van der Waals surface area (Å²) in [6.45, 7) is 4.00. The van der Waals surface area contributed by atoms with Crippen molar-refractivity contribution in [2.75, 3.05) is 13.2 Å². The number of aryl methyl sites for hydroxylation is 2. The van der Waals surface area contributed by atoms with Crippen molar-refractivity contribution in [3.05, 3.63) is 64.7 Å². The highest BCUT2D eigenvalue weighted by Crippen LogP contribution is 2.31. The number of hydrogen-bond acceptors (Lipinski definition) is 4. The summed E-state index contributed by atoms with van der Waals surface area (Å²) in [6, 6.07) is 13.1. The molecule has 0 aromatic heterocycles. The lowest BCUT2D eigenvalue weighted by molar-refractivity contribution is -0.125. The van der Waals surface area contributed by atoms with Crippen LogP contribution in [0.1, 0.15) is 39.5 Å². The number of amides is 1. The van der Waals surface area contributed by atoms with Gasteiger partial charge in [0, 0.05) is 12.0 Å². The van der Waals surface area contributed by atoms with Crippen LogP contribution in [0.5, 0.6) is 5.75 Å². The van der Waals surface area contributed by atoms with Crippen LogP contribution in [0.3, 0.4) is 0 Å². The van der Waals surface area contributed by atoms with E-state index in [0.717, 1.165) is 22.4 Å². The molecule has 25 heavy (non-hydrogen) atoms. The second kappa shape index (κ2) is 7.38. The maximum absolute atomic E-state index is 12.2. The monoisotopic (exact) mass is 339 g/mol. The number of carbonyl (C=O) groups excluding carboxylic acids is 2. The number of hydrogen-bond donors (Lipinski definition) is 1. The smallest absolute Gasteiger partial charge is 0.338 e. The third-order valence-corrected chi connectivity index (χ3v) is 4.24. The van der Waals surface area contributed by atoms with Crippen LogP contribution in [-0.2, 0) is 9.53 Å². The summed E-state index contributed by atoms with van der Waals surface area (Å²) in [5.74, 6) is -0.0180. The fourth-order valence-electron chi connectivity index (χ4n) is 2.89. The number of benzene rings is 2. The molecule has 0 spiro atoms. The molecule has 0 aliphatic carbocycles. The molecule has 1 aliphatic heterocycles. The molecule has 1 aliphatic rings. The van der Waals surface area contributed by atoms with E-state index < -0.39 is 5.97 Å². The fourth-order valence-corrected chi connectivity index (χ4v) is 2.89. The highest BCUT2D eigenvalue weighted by atomic mass is 16.5. The van der Waals surface area contributed by atoms with Gasteiger partial charge in [-0.25, -0.2) is 4.79 Å². The Bertz CT molecular complexity index is 800. The van der Waals surface area contributed by atoms with Crippen molar-refractivity contribution in [1.29, 1.82) is 0 Å². The van der Waals surface area contributed by atoms with E-state index in [1.54, 1.807) is 6.07 Å². The Morgan fingerprint density at radius 2 is 2.00 bits per heavy atom. The molecular weight excluding hydrogens is 318 g/mol. The van der Waals surface area contributed by atoms with Gasteiger partial charge in [0.2, 0.25) is 0 Å². The van der Waals surface area contributed by atoms with E-state index in [4.69, 9.17) is 9.47 Å². The average Bonchev–Trinajstić information content (AvgIpc) is 2.62. The third-order valence-electron chi connectivity index (χ3n) is 4.24. The Balaban J connectivity index is 1.59. The van der Waals surface area contributed by atoms with E-state index in [0.29, 0.717) is 18.6 Å². The quantitative estimate of drug-likeness (QED) is 0.870. The first-order chi connectivity index (χ1) is 12.0. The molecule has 1 atom stereocenters. The van der Waals surface area contributed by atoms with Crippen LogP contribution in [0.4, 0.5) is 0 Å². The molecule has 1 unspecified atom stereocenters. The van der Waals surface area contributed by atoms with E-state index in [1.807, 2.05) is 50.2 Å². The van der Waals surface area contributed by atoms with Gasteiger partial charge in [0.1, 0.15) is 5.75 Å². The molecule has 0 bridgehead atoms. The summed E-state index contributed by atoms with van der Waals surface area (Å²) in [7, 11) is 0. The molecule has 1 N–H and O–H groups in total. The highest BCUT2D eigenvalue weighted by molar-refractivity contribution is 5.92. The van der Waals surface area contributed by atoms with Crippen LogP contribution in [0.15, 0.2) is 42.5 Å². The van der Waals surface area contributed by atoms with Gasteiger partial charge in [0.05, 0.1) is 18.2 Å². The van der Waals surface area contributed by atoms with Crippen LogP contribution in [0, 0.1) is 13.8 Å². The SMILES string of the molecule is Cc1ccc(C)c(C(=O)OCC(=O)NC2CCOc3ccccc32)c1. The first-order valence-electron chi connectivity index (χ1n) is 8.30. The largest absolute Gasteiger partial charge is 0.493 e. The van der Waals surface area contributed by atoms with E-state index in [2.05, 4.69) is 5.32 Å². The maximum atomic E-state index is 12.2. The Labute approximate surface area is 147 Å². The van der Waals surface area contributed by atoms with Crippen molar-refractivity contribution >= 4 is 11.9 Å². The van der Waals surface area contributed by atoms with Crippen LogP contribution >= 0.6 is 0 Å². The number of para-hydroxylation sites is 1. The standard InChI is InChI=1S/C20H21NO4/c1-13-7-8-14(2)16(11-13)20(23)25-12-19(22)21-17-9-10-24-18-6-4-3-5-15(17)18/h3-8,11,17H,9-10,12H2,1-2H3,(H,21,22). The lowest BCUT2D eigenvalue weighted by Crippen LogP contribution is -2.35. The zero-order valence-electron chi connectivity index (χ0n) is 14.4. The molecule has 0 radical (unpaired) electrons. The highest BCUT2D eigenvalue weighted by Gasteiger charge is 2.23. The van der Waals surface area contributed by atoms with Crippen molar-refractivity contribution in [2.45, 2.75) is 26.3 Å². The molecule has 1 heterocycles. The van der Waals surface area contributed by atoms with Gasteiger partial charge < -0.3 is 14.8 Å². The number of rotatable bonds is 4. The van der Waals surface area contributed by atoms with Crippen molar-refractivity contribution in [3.8, 4) is 5.75 Å². The van der Waals surface area contributed by atoms with Crippen molar-refractivity contribution in [2.24, 2.45) is 0 Å². The van der Waals surface area contributed by atoms with Gasteiger partial charge in [-0.1, -0.05) is 35.9 Å². The second-order valence-corrected chi connectivity index (χ2v) is 6.19. The minimum Gasteiger partial charge on any atom is -0.493 e. The van der Waals surface area contributed by atoms with Crippen LogP contribution in [0.25, 0.3) is 0 Å². The fraction of sp³-hybridized carbons (Fsp3) is 0.300. The molecule has 5 heteroatoms. The topological polar surface area (TPSA) is 64.6 Å². The molecule has 0 saturated carbocycles. The molecule has 3 rings (SSSR count). The van der Waals surface area contributed by atoms with E-state index in [-0.39, 0.29) is 18.6 Å². The van der Waals surface area contributed by atoms with Gasteiger partial charge in [0.25, 0.3) is 5.91 Å². The normalized spacial score (nSPS) is 15.7. The van der Waals surface area contributed by atoms with Crippen molar-refractivity contribution in [1.82, 2.24) is 5.32 Å². The van der Waals surface area contributed by atoms with Gasteiger partial charge in [0.15, 0.2) is 6.61 Å². The van der Waals surface area contributed by atoms with E-state index in [9.17, 15) is 9.59 Å². The Morgan fingerprint density at radius 1 is 1.20 bits per heavy atom. The number of esters is 1. The summed E-state index contributed by atoms with van der Waals surface area (Å²) < 4.78 is 10.8. The predicted molar refractivity (Wildman–Crippen MR) is 93.6 cm³/mol. The van der Waals surface area contributed by atoms with Crippen molar-refractivity contribution in [3.63, 3.8) is 0 Å².